The lowest BCUT2D eigenvalue weighted by atomic mass is 10.1. The van der Waals surface area contributed by atoms with Gasteiger partial charge in [-0.1, -0.05) is 18.2 Å². The summed E-state index contributed by atoms with van der Waals surface area (Å²) in [6.45, 7) is 2.80. The van der Waals surface area contributed by atoms with Gasteiger partial charge in [0, 0.05) is 43.2 Å². The molecule has 2 aromatic carbocycles. The van der Waals surface area contributed by atoms with Crippen LogP contribution in [-0.2, 0) is 16.1 Å². The third-order valence-electron chi connectivity index (χ3n) is 5.36. The molecule has 3 N–H and O–H groups in total. The normalized spacial score (nSPS) is 19.2. The van der Waals surface area contributed by atoms with Crippen LogP contribution in [0.1, 0.15) is 12.0 Å². The smallest absolute Gasteiger partial charge is 0.271 e. The van der Waals surface area contributed by atoms with E-state index in [1.54, 1.807) is 0 Å². The first-order valence-corrected chi connectivity index (χ1v) is 11.3. The highest BCUT2D eigenvalue weighted by atomic mass is 32.2. The fourth-order valence-electron chi connectivity index (χ4n) is 3.68. The van der Waals surface area contributed by atoms with E-state index in [9.17, 15) is 14.0 Å². The van der Waals surface area contributed by atoms with E-state index in [1.807, 2.05) is 36.0 Å². The number of anilines is 2. The quantitative estimate of drug-likeness (QED) is 0.719. The number of benzene rings is 2. The molecule has 2 aliphatic rings. The van der Waals surface area contributed by atoms with Gasteiger partial charge in [0.1, 0.15) is 17.6 Å². The molecule has 2 aromatic rings. The molecule has 31 heavy (non-hydrogen) atoms. The predicted molar refractivity (Wildman–Crippen MR) is 122 cm³/mol. The number of thioether (sulfide) groups is 1. The van der Waals surface area contributed by atoms with Crippen molar-refractivity contribution in [3.63, 3.8) is 0 Å². The standard InChI is InChI=1S/C22H24FN5O2S/c23-16-5-7-17(8-6-16)28-20(21(24)29)13-19(26-28)22(30)25-18-4-2-1-3-15(18)14-27-9-11-31-12-10-27/h1-8,20H,9-14H2,(H2,24,29)(H,25,30). The van der Waals surface area contributed by atoms with Crippen molar-refractivity contribution in [3.05, 3.63) is 59.9 Å². The molecule has 0 spiro atoms. The number of hydrogen-bond donors (Lipinski definition) is 2. The molecule has 1 fully saturated rings. The van der Waals surface area contributed by atoms with Gasteiger partial charge in [-0.25, -0.2) is 4.39 Å². The van der Waals surface area contributed by atoms with E-state index < -0.39 is 17.8 Å². The summed E-state index contributed by atoms with van der Waals surface area (Å²) in [5.74, 6) is 0.846. The van der Waals surface area contributed by atoms with Gasteiger partial charge in [0.2, 0.25) is 5.91 Å². The SMILES string of the molecule is NC(=O)C1CC(C(=O)Nc2ccccc2CN2CCSCC2)=NN1c1ccc(F)cc1. The largest absolute Gasteiger partial charge is 0.368 e. The summed E-state index contributed by atoms with van der Waals surface area (Å²) in [7, 11) is 0. The van der Waals surface area contributed by atoms with E-state index in [0.717, 1.165) is 42.4 Å². The molecule has 0 bridgehead atoms. The van der Waals surface area contributed by atoms with Crippen LogP contribution in [0, 0.1) is 5.82 Å². The molecule has 0 aromatic heterocycles. The molecule has 2 amide bonds. The molecule has 0 saturated carbocycles. The minimum atomic E-state index is -0.799. The third-order valence-corrected chi connectivity index (χ3v) is 6.30. The average molecular weight is 442 g/mol. The number of hydrogen-bond acceptors (Lipinski definition) is 6. The maximum Gasteiger partial charge on any atom is 0.271 e. The summed E-state index contributed by atoms with van der Waals surface area (Å²) >= 11 is 1.95. The number of nitrogens with two attached hydrogens (primary N) is 1. The summed E-state index contributed by atoms with van der Waals surface area (Å²) in [4.78, 5) is 27.3. The number of nitrogens with one attached hydrogen (secondary N) is 1. The summed E-state index contributed by atoms with van der Waals surface area (Å²) in [5, 5.41) is 8.66. The van der Waals surface area contributed by atoms with Gasteiger partial charge in [-0.15, -0.1) is 0 Å². The predicted octanol–water partition coefficient (Wildman–Crippen LogP) is 2.43. The van der Waals surface area contributed by atoms with Crippen molar-refractivity contribution < 1.29 is 14.0 Å². The first kappa shape index (κ1) is 21.3. The summed E-state index contributed by atoms with van der Waals surface area (Å²) < 4.78 is 13.3. The van der Waals surface area contributed by atoms with E-state index in [2.05, 4.69) is 15.3 Å². The zero-order valence-corrected chi connectivity index (χ0v) is 17.8. The molecule has 9 heteroatoms. The van der Waals surface area contributed by atoms with Crippen LogP contribution in [0.25, 0.3) is 0 Å². The molecule has 0 aliphatic carbocycles. The monoisotopic (exact) mass is 441 g/mol. The molecular weight excluding hydrogens is 417 g/mol. The maximum absolute atomic E-state index is 13.3. The van der Waals surface area contributed by atoms with E-state index in [1.165, 1.54) is 29.3 Å². The molecule has 1 saturated heterocycles. The Bertz CT molecular complexity index is 992. The Balaban J connectivity index is 1.51. The molecule has 1 unspecified atom stereocenters. The topological polar surface area (TPSA) is 91.0 Å². The van der Waals surface area contributed by atoms with Gasteiger partial charge in [0.05, 0.1) is 5.69 Å². The highest BCUT2D eigenvalue weighted by Crippen LogP contribution is 2.26. The van der Waals surface area contributed by atoms with Gasteiger partial charge in [-0.2, -0.15) is 16.9 Å². The number of para-hydroxylation sites is 1. The molecule has 2 heterocycles. The fourth-order valence-corrected chi connectivity index (χ4v) is 4.65. The van der Waals surface area contributed by atoms with Crippen molar-refractivity contribution in [1.29, 1.82) is 0 Å². The lowest BCUT2D eigenvalue weighted by molar-refractivity contribution is -0.119. The van der Waals surface area contributed by atoms with Crippen molar-refractivity contribution in [3.8, 4) is 0 Å². The molecular formula is C22H24FN5O2S. The molecule has 2 aliphatic heterocycles. The second-order valence-electron chi connectivity index (χ2n) is 7.49. The molecule has 7 nitrogen and oxygen atoms in total. The minimum absolute atomic E-state index is 0.0874. The Morgan fingerprint density at radius 3 is 2.55 bits per heavy atom. The van der Waals surface area contributed by atoms with Gasteiger partial charge in [0.15, 0.2) is 0 Å². The van der Waals surface area contributed by atoms with E-state index in [0.29, 0.717) is 5.69 Å². The van der Waals surface area contributed by atoms with Crippen LogP contribution in [-0.4, -0.2) is 53.1 Å². The van der Waals surface area contributed by atoms with Crippen LogP contribution < -0.4 is 16.1 Å². The number of rotatable bonds is 6. The van der Waals surface area contributed by atoms with Crippen molar-refractivity contribution >= 4 is 40.7 Å². The second kappa shape index (κ2) is 9.49. The Hall–Kier alpha value is -2.91. The Morgan fingerprint density at radius 2 is 1.84 bits per heavy atom. The number of carbonyl (C=O) groups excluding carboxylic acids is 2. The number of halogens is 1. The Kier molecular flexibility index (Phi) is 6.53. The lowest BCUT2D eigenvalue weighted by Crippen LogP contribution is -2.39. The summed E-state index contributed by atoms with van der Waals surface area (Å²) in [6, 6.07) is 12.5. The van der Waals surface area contributed by atoms with Crippen molar-refractivity contribution in [2.75, 3.05) is 34.9 Å². The summed E-state index contributed by atoms with van der Waals surface area (Å²) in [6.07, 6.45) is 0.0874. The van der Waals surface area contributed by atoms with E-state index in [4.69, 9.17) is 5.73 Å². The number of nitrogens with zero attached hydrogens (tertiary/aromatic N) is 3. The number of primary amides is 1. The second-order valence-corrected chi connectivity index (χ2v) is 8.71. The van der Waals surface area contributed by atoms with Crippen molar-refractivity contribution in [2.45, 2.75) is 19.0 Å². The highest BCUT2D eigenvalue weighted by molar-refractivity contribution is 7.99. The minimum Gasteiger partial charge on any atom is -0.368 e. The van der Waals surface area contributed by atoms with Crippen LogP contribution in [0.15, 0.2) is 53.6 Å². The zero-order valence-electron chi connectivity index (χ0n) is 17.0. The van der Waals surface area contributed by atoms with Gasteiger partial charge in [-0.3, -0.25) is 19.5 Å². The van der Waals surface area contributed by atoms with E-state index >= 15 is 0 Å². The maximum atomic E-state index is 13.3. The first-order valence-electron chi connectivity index (χ1n) is 10.1. The van der Waals surface area contributed by atoms with Crippen LogP contribution >= 0.6 is 11.8 Å². The fraction of sp³-hybridized carbons (Fsp3) is 0.318. The Labute approximate surface area is 184 Å². The average Bonchev–Trinajstić information content (AvgIpc) is 3.22. The summed E-state index contributed by atoms with van der Waals surface area (Å²) in [5.41, 5.74) is 7.99. The van der Waals surface area contributed by atoms with Crippen LogP contribution in [0.2, 0.25) is 0 Å². The first-order chi connectivity index (χ1) is 15.0. The zero-order chi connectivity index (χ0) is 21.8. The third kappa shape index (κ3) is 5.05. The van der Waals surface area contributed by atoms with Gasteiger partial charge >= 0.3 is 0 Å². The number of carbonyl (C=O) groups is 2. The van der Waals surface area contributed by atoms with Crippen LogP contribution in [0.3, 0.4) is 0 Å². The van der Waals surface area contributed by atoms with E-state index in [-0.39, 0.29) is 18.0 Å². The lowest BCUT2D eigenvalue weighted by Gasteiger charge is -2.27. The molecule has 162 valence electrons. The molecule has 4 rings (SSSR count). The molecule has 0 radical (unpaired) electrons. The van der Waals surface area contributed by atoms with Gasteiger partial charge in [0.25, 0.3) is 5.91 Å². The molecule has 1 atom stereocenters. The number of hydrazone groups is 1. The number of amides is 2. The van der Waals surface area contributed by atoms with Crippen molar-refractivity contribution in [2.24, 2.45) is 10.8 Å². The van der Waals surface area contributed by atoms with Gasteiger partial charge < -0.3 is 11.1 Å². The van der Waals surface area contributed by atoms with Gasteiger partial charge in [-0.05, 0) is 35.9 Å². The van der Waals surface area contributed by atoms with Crippen LogP contribution in [0.5, 0.6) is 0 Å². The van der Waals surface area contributed by atoms with Crippen molar-refractivity contribution in [1.82, 2.24) is 4.90 Å². The Morgan fingerprint density at radius 1 is 1.13 bits per heavy atom. The highest BCUT2D eigenvalue weighted by Gasteiger charge is 2.35. The van der Waals surface area contributed by atoms with Crippen LogP contribution in [0.4, 0.5) is 15.8 Å².